The summed E-state index contributed by atoms with van der Waals surface area (Å²) in [5, 5.41) is 0. The highest BCUT2D eigenvalue weighted by Crippen LogP contribution is 2.50. The minimum atomic E-state index is -0.566. The van der Waals surface area contributed by atoms with Crippen molar-refractivity contribution in [2.24, 2.45) is 5.41 Å². The van der Waals surface area contributed by atoms with Gasteiger partial charge < -0.3 is 14.2 Å². The zero-order valence-corrected chi connectivity index (χ0v) is 18.6. The fourth-order valence-corrected chi connectivity index (χ4v) is 4.71. The molecule has 2 fully saturated rings. The Kier molecular flexibility index (Phi) is 6.92. The van der Waals surface area contributed by atoms with Crippen LogP contribution in [0.2, 0.25) is 0 Å². The van der Waals surface area contributed by atoms with E-state index in [9.17, 15) is 14.4 Å². The molecule has 172 valence electrons. The van der Waals surface area contributed by atoms with Crippen molar-refractivity contribution in [3.8, 4) is 0 Å². The molecule has 0 amide bonds. The molecule has 1 saturated heterocycles. The van der Waals surface area contributed by atoms with E-state index < -0.39 is 11.5 Å². The maximum atomic E-state index is 12.5. The molecule has 2 aliphatic rings. The molecule has 4 rings (SSSR count). The number of carbonyl (C=O) groups excluding carboxylic acids is 3. The Hall–Kier alpha value is -3.41. The molecule has 1 heterocycles. The van der Waals surface area contributed by atoms with Gasteiger partial charge in [-0.05, 0) is 43.0 Å². The molecule has 0 unspecified atom stereocenters. The lowest BCUT2D eigenvalue weighted by Gasteiger charge is -2.23. The topological polar surface area (TPSA) is 78.9 Å². The van der Waals surface area contributed by atoms with Gasteiger partial charge in [0.05, 0.1) is 12.0 Å². The minimum Gasteiger partial charge on any atom is -0.461 e. The second-order valence-corrected chi connectivity index (χ2v) is 8.75. The molecule has 6 nitrogen and oxygen atoms in total. The van der Waals surface area contributed by atoms with Crippen molar-refractivity contribution in [3.63, 3.8) is 0 Å². The Bertz CT molecular complexity index is 1020. The number of aryl methyl sites for hydroxylation is 1. The van der Waals surface area contributed by atoms with Crippen LogP contribution in [0, 0.1) is 5.41 Å². The third kappa shape index (κ3) is 5.69. The van der Waals surface area contributed by atoms with E-state index >= 15 is 0 Å². The van der Waals surface area contributed by atoms with Crippen LogP contribution in [-0.4, -0.2) is 36.2 Å². The molecule has 1 aliphatic carbocycles. The van der Waals surface area contributed by atoms with E-state index in [1.807, 2.05) is 48.6 Å². The summed E-state index contributed by atoms with van der Waals surface area (Å²) in [6, 6.07) is 18.8. The van der Waals surface area contributed by atoms with Crippen LogP contribution >= 0.6 is 0 Å². The van der Waals surface area contributed by atoms with Crippen molar-refractivity contribution in [3.05, 3.63) is 83.9 Å². The molecule has 0 radical (unpaired) electrons. The molecule has 0 spiro atoms. The molecular formula is C27H28O6. The zero-order valence-electron chi connectivity index (χ0n) is 18.6. The van der Waals surface area contributed by atoms with Gasteiger partial charge in [-0.2, -0.15) is 0 Å². The number of carbonyl (C=O) groups is 3. The molecule has 4 atom stereocenters. The standard InChI is InChI=1S/C27H28O6/c1-19(28)31-22(13-12-20-8-4-2-5-9-20)14-15-27-17-23(16-24(27)33-25(29)18-27)32-26(30)21-10-6-3-7-11-21/h2-11,14-15,22-24H,12-13,16-18H2,1H3/t22-,23+,24+,27-/m1/s1. The lowest BCUT2D eigenvalue weighted by Crippen LogP contribution is -2.24. The highest BCUT2D eigenvalue weighted by Gasteiger charge is 2.55. The fourth-order valence-electron chi connectivity index (χ4n) is 4.71. The molecule has 33 heavy (non-hydrogen) atoms. The van der Waals surface area contributed by atoms with Gasteiger partial charge in [0.2, 0.25) is 0 Å². The molecular weight excluding hydrogens is 420 g/mol. The van der Waals surface area contributed by atoms with Crippen LogP contribution in [0.15, 0.2) is 72.8 Å². The third-order valence-corrected chi connectivity index (χ3v) is 6.28. The monoisotopic (exact) mass is 448 g/mol. The first-order chi connectivity index (χ1) is 15.9. The largest absolute Gasteiger partial charge is 0.461 e. The Morgan fingerprint density at radius 3 is 2.52 bits per heavy atom. The number of esters is 3. The SMILES string of the molecule is CC(=O)O[C@@H](C=C[C@@]12CC(=O)O[C@H]1C[C@H](OC(=O)c1ccccc1)C2)CCc1ccccc1. The maximum Gasteiger partial charge on any atom is 0.338 e. The van der Waals surface area contributed by atoms with Crippen LogP contribution in [0.3, 0.4) is 0 Å². The van der Waals surface area contributed by atoms with Crippen LogP contribution in [0.25, 0.3) is 0 Å². The summed E-state index contributed by atoms with van der Waals surface area (Å²) in [5.74, 6) is -0.996. The lowest BCUT2D eigenvalue weighted by atomic mass is 9.81. The average molecular weight is 449 g/mol. The van der Waals surface area contributed by atoms with Crippen LogP contribution in [0.5, 0.6) is 0 Å². The van der Waals surface area contributed by atoms with Gasteiger partial charge in [-0.25, -0.2) is 4.79 Å². The third-order valence-electron chi connectivity index (χ3n) is 6.28. The summed E-state index contributed by atoms with van der Waals surface area (Å²) in [7, 11) is 0. The van der Waals surface area contributed by atoms with Crippen LogP contribution < -0.4 is 0 Å². The highest BCUT2D eigenvalue weighted by molar-refractivity contribution is 5.89. The Labute approximate surface area is 193 Å². The quantitative estimate of drug-likeness (QED) is 0.338. The lowest BCUT2D eigenvalue weighted by molar-refractivity contribution is -0.144. The van der Waals surface area contributed by atoms with Gasteiger partial charge in [0.25, 0.3) is 0 Å². The van der Waals surface area contributed by atoms with Gasteiger partial charge in [-0.15, -0.1) is 0 Å². The first-order valence-electron chi connectivity index (χ1n) is 11.3. The van der Waals surface area contributed by atoms with E-state index in [4.69, 9.17) is 14.2 Å². The van der Waals surface area contributed by atoms with Crippen molar-refractivity contribution in [1.82, 2.24) is 0 Å². The minimum absolute atomic E-state index is 0.221. The van der Waals surface area contributed by atoms with Gasteiger partial charge >= 0.3 is 17.9 Å². The molecule has 0 bridgehead atoms. The predicted molar refractivity (Wildman–Crippen MR) is 121 cm³/mol. The number of fused-ring (bicyclic) bond motifs is 1. The number of rotatable bonds is 8. The Morgan fingerprint density at radius 2 is 1.82 bits per heavy atom. The molecule has 0 N–H and O–H groups in total. The molecule has 2 aromatic carbocycles. The normalized spacial score (nSPS) is 24.8. The van der Waals surface area contributed by atoms with Gasteiger partial charge in [0.15, 0.2) is 0 Å². The van der Waals surface area contributed by atoms with Crippen LogP contribution in [0.4, 0.5) is 0 Å². The maximum absolute atomic E-state index is 12.5. The molecule has 1 aliphatic heterocycles. The second-order valence-electron chi connectivity index (χ2n) is 8.75. The van der Waals surface area contributed by atoms with E-state index in [0.29, 0.717) is 24.8 Å². The summed E-state index contributed by atoms with van der Waals surface area (Å²) in [6.45, 7) is 1.39. The van der Waals surface area contributed by atoms with E-state index in [2.05, 4.69) is 0 Å². The Balaban J connectivity index is 1.45. The fraction of sp³-hybridized carbons (Fsp3) is 0.370. The van der Waals surface area contributed by atoms with E-state index in [0.717, 1.165) is 12.0 Å². The number of ether oxygens (including phenoxy) is 3. The molecule has 1 saturated carbocycles. The summed E-state index contributed by atoms with van der Waals surface area (Å²) < 4.78 is 16.8. The Morgan fingerprint density at radius 1 is 1.12 bits per heavy atom. The predicted octanol–water partition coefficient (Wildman–Crippen LogP) is 4.43. The van der Waals surface area contributed by atoms with Crippen molar-refractivity contribution in [2.45, 2.75) is 57.3 Å². The van der Waals surface area contributed by atoms with Crippen molar-refractivity contribution < 1.29 is 28.6 Å². The van der Waals surface area contributed by atoms with Crippen molar-refractivity contribution in [1.29, 1.82) is 0 Å². The summed E-state index contributed by atoms with van der Waals surface area (Å²) in [5.41, 5.74) is 1.09. The first kappa shape index (κ1) is 22.8. The van der Waals surface area contributed by atoms with Crippen LogP contribution in [0.1, 0.15) is 48.5 Å². The first-order valence-corrected chi connectivity index (χ1v) is 11.3. The van der Waals surface area contributed by atoms with Gasteiger partial charge in [-0.1, -0.05) is 54.6 Å². The van der Waals surface area contributed by atoms with Gasteiger partial charge in [0, 0.05) is 18.8 Å². The van der Waals surface area contributed by atoms with Crippen molar-refractivity contribution >= 4 is 17.9 Å². The number of hydrogen-bond donors (Lipinski definition) is 0. The van der Waals surface area contributed by atoms with Crippen LogP contribution in [-0.2, 0) is 30.2 Å². The molecule has 6 heteroatoms. The molecule has 2 aromatic rings. The second kappa shape index (κ2) is 10.0. The molecule has 0 aromatic heterocycles. The highest BCUT2D eigenvalue weighted by atomic mass is 16.6. The summed E-state index contributed by atoms with van der Waals surface area (Å²) >= 11 is 0. The summed E-state index contributed by atoms with van der Waals surface area (Å²) in [6.07, 6.45) is 5.23. The van der Waals surface area contributed by atoms with Crippen molar-refractivity contribution in [2.75, 3.05) is 0 Å². The van der Waals surface area contributed by atoms with Gasteiger partial charge in [0.1, 0.15) is 18.3 Å². The van der Waals surface area contributed by atoms with Gasteiger partial charge in [-0.3, -0.25) is 9.59 Å². The van der Waals surface area contributed by atoms with E-state index in [1.165, 1.54) is 6.92 Å². The zero-order chi connectivity index (χ0) is 23.3. The number of hydrogen-bond acceptors (Lipinski definition) is 6. The average Bonchev–Trinajstić information content (AvgIpc) is 3.28. The van der Waals surface area contributed by atoms with E-state index in [1.54, 1.807) is 24.3 Å². The van der Waals surface area contributed by atoms with E-state index in [-0.39, 0.29) is 36.5 Å². The smallest absolute Gasteiger partial charge is 0.338 e. The number of benzene rings is 2. The summed E-state index contributed by atoms with van der Waals surface area (Å²) in [4.78, 5) is 36.2.